The van der Waals surface area contributed by atoms with Crippen molar-refractivity contribution in [3.63, 3.8) is 0 Å². The lowest BCUT2D eigenvalue weighted by molar-refractivity contribution is -0.121. The van der Waals surface area contributed by atoms with Gasteiger partial charge in [-0.05, 0) is 24.1 Å². The van der Waals surface area contributed by atoms with Crippen molar-refractivity contribution in [3.05, 3.63) is 23.8 Å². The summed E-state index contributed by atoms with van der Waals surface area (Å²) in [5.74, 6) is 1.13. The Hall–Kier alpha value is -1.80. The average molecular weight is 356 g/mol. The Bertz CT molecular complexity index is 675. The summed E-state index contributed by atoms with van der Waals surface area (Å²) in [6.07, 6.45) is 3.20. The van der Waals surface area contributed by atoms with E-state index in [2.05, 4.69) is 5.32 Å². The standard InChI is InChI=1S/C16H24N2O5S/c1-3-4-8-17-16(19)7-9-18(24(2,20)21)11-13-5-6-14-15(10-13)23-12-22-14/h5-6,10H,3-4,7-9,11-12H2,1-2H3,(H,17,19). The van der Waals surface area contributed by atoms with Crippen LogP contribution in [0.15, 0.2) is 18.2 Å². The van der Waals surface area contributed by atoms with Crippen LogP contribution in [0.4, 0.5) is 0 Å². The van der Waals surface area contributed by atoms with Crippen molar-refractivity contribution in [2.75, 3.05) is 26.1 Å². The highest BCUT2D eigenvalue weighted by Crippen LogP contribution is 2.32. The van der Waals surface area contributed by atoms with Crippen molar-refractivity contribution in [1.82, 2.24) is 9.62 Å². The molecular formula is C16H24N2O5S. The molecule has 1 aliphatic heterocycles. The number of carbonyl (C=O) groups is 1. The van der Waals surface area contributed by atoms with E-state index in [1.54, 1.807) is 18.2 Å². The van der Waals surface area contributed by atoms with Gasteiger partial charge in [0.25, 0.3) is 0 Å². The first kappa shape index (κ1) is 18.5. The molecule has 0 saturated carbocycles. The normalized spacial score (nSPS) is 13.3. The second-order valence-corrected chi connectivity index (χ2v) is 7.72. The summed E-state index contributed by atoms with van der Waals surface area (Å²) in [5, 5.41) is 2.79. The summed E-state index contributed by atoms with van der Waals surface area (Å²) in [4.78, 5) is 11.8. The van der Waals surface area contributed by atoms with Crippen LogP contribution in [0.1, 0.15) is 31.7 Å². The van der Waals surface area contributed by atoms with Crippen molar-refractivity contribution in [1.29, 1.82) is 0 Å². The number of hydrogen-bond acceptors (Lipinski definition) is 5. The van der Waals surface area contributed by atoms with Crippen molar-refractivity contribution in [2.24, 2.45) is 0 Å². The Labute approximate surface area is 143 Å². The molecule has 1 amide bonds. The Morgan fingerprint density at radius 2 is 2.04 bits per heavy atom. The molecule has 134 valence electrons. The Balaban J connectivity index is 1.95. The maximum Gasteiger partial charge on any atom is 0.231 e. The summed E-state index contributed by atoms with van der Waals surface area (Å²) in [5.41, 5.74) is 0.788. The molecule has 0 fully saturated rings. The zero-order valence-corrected chi connectivity index (χ0v) is 14.9. The van der Waals surface area contributed by atoms with Crippen LogP contribution in [-0.2, 0) is 21.4 Å². The van der Waals surface area contributed by atoms with Crippen molar-refractivity contribution >= 4 is 15.9 Å². The molecule has 0 aliphatic carbocycles. The molecule has 8 heteroatoms. The Kier molecular flexibility index (Phi) is 6.44. The number of amides is 1. The third-order valence-electron chi connectivity index (χ3n) is 3.71. The molecule has 0 aromatic heterocycles. The molecular weight excluding hydrogens is 332 g/mol. The van der Waals surface area contributed by atoms with E-state index in [0.29, 0.717) is 18.0 Å². The number of hydrogen-bond donors (Lipinski definition) is 1. The molecule has 24 heavy (non-hydrogen) atoms. The molecule has 2 rings (SSSR count). The van der Waals surface area contributed by atoms with Crippen molar-refractivity contribution < 1.29 is 22.7 Å². The first-order valence-electron chi connectivity index (χ1n) is 8.00. The smallest absolute Gasteiger partial charge is 0.231 e. The SMILES string of the molecule is CCCCNC(=O)CCN(Cc1ccc2c(c1)OCO2)S(C)(=O)=O. The van der Waals surface area contributed by atoms with Gasteiger partial charge >= 0.3 is 0 Å². The number of unbranched alkanes of at least 4 members (excludes halogenated alkanes) is 1. The van der Waals surface area contributed by atoms with Gasteiger partial charge in [0.15, 0.2) is 11.5 Å². The highest BCUT2D eigenvalue weighted by molar-refractivity contribution is 7.88. The van der Waals surface area contributed by atoms with Crippen LogP contribution in [0.5, 0.6) is 11.5 Å². The minimum Gasteiger partial charge on any atom is -0.454 e. The van der Waals surface area contributed by atoms with Gasteiger partial charge in [-0.1, -0.05) is 19.4 Å². The lowest BCUT2D eigenvalue weighted by atomic mass is 10.2. The van der Waals surface area contributed by atoms with Crippen molar-refractivity contribution in [3.8, 4) is 11.5 Å². The van der Waals surface area contributed by atoms with Gasteiger partial charge in [-0.2, -0.15) is 4.31 Å². The highest BCUT2D eigenvalue weighted by atomic mass is 32.2. The Morgan fingerprint density at radius 1 is 1.29 bits per heavy atom. The monoisotopic (exact) mass is 356 g/mol. The maximum atomic E-state index is 12.0. The summed E-state index contributed by atoms with van der Waals surface area (Å²) in [6, 6.07) is 5.32. The predicted molar refractivity (Wildman–Crippen MR) is 90.4 cm³/mol. The molecule has 7 nitrogen and oxygen atoms in total. The molecule has 1 aromatic rings. The van der Waals surface area contributed by atoms with E-state index in [1.165, 1.54) is 4.31 Å². The molecule has 1 N–H and O–H groups in total. The molecule has 1 aromatic carbocycles. The van der Waals surface area contributed by atoms with Crippen LogP contribution in [0, 0.1) is 0 Å². The van der Waals surface area contributed by atoms with E-state index < -0.39 is 10.0 Å². The van der Waals surface area contributed by atoms with Crippen LogP contribution in [-0.4, -0.2) is 44.8 Å². The van der Waals surface area contributed by atoms with E-state index in [0.717, 1.165) is 24.7 Å². The van der Waals surface area contributed by atoms with Gasteiger partial charge < -0.3 is 14.8 Å². The topological polar surface area (TPSA) is 84.9 Å². The molecule has 0 saturated heterocycles. The summed E-state index contributed by atoms with van der Waals surface area (Å²) in [7, 11) is -3.42. The van der Waals surface area contributed by atoms with Crippen LogP contribution in [0.25, 0.3) is 0 Å². The zero-order chi connectivity index (χ0) is 17.6. The van der Waals surface area contributed by atoms with Crippen LogP contribution < -0.4 is 14.8 Å². The van der Waals surface area contributed by atoms with Gasteiger partial charge in [-0.15, -0.1) is 0 Å². The zero-order valence-electron chi connectivity index (χ0n) is 14.1. The van der Waals surface area contributed by atoms with Gasteiger partial charge in [-0.25, -0.2) is 8.42 Å². The minimum absolute atomic E-state index is 0.136. The number of fused-ring (bicyclic) bond motifs is 1. The first-order valence-corrected chi connectivity index (χ1v) is 9.85. The number of rotatable bonds is 9. The Morgan fingerprint density at radius 3 is 2.75 bits per heavy atom. The highest BCUT2D eigenvalue weighted by Gasteiger charge is 2.20. The third-order valence-corrected chi connectivity index (χ3v) is 4.96. The first-order chi connectivity index (χ1) is 11.4. The largest absolute Gasteiger partial charge is 0.454 e. The second kappa shape index (κ2) is 8.34. The molecule has 1 aliphatic rings. The molecule has 1 heterocycles. The van der Waals surface area contributed by atoms with E-state index in [9.17, 15) is 13.2 Å². The molecule has 0 radical (unpaired) electrons. The number of nitrogens with one attached hydrogen (secondary N) is 1. The van der Waals surface area contributed by atoms with E-state index in [1.807, 2.05) is 6.92 Å². The molecule has 0 atom stereocenters. The fourth-order valence-corrected chi connectivity index (χ4v) is 3.13. The molecule has 0 bridgehead atoms. The maximum absolute atomic E-state index is 12.0. The second-order valence-electron chi connectivity index (χ2n) is 5.74. The van der Waals surface area contributed by atoms with Gasteiger partial charge in [0.1, 0.15) is 0 Å². The summed E-state index contributed by atoms with van der Waals surface area (Å²) >= 11 is 0. The van der Waals surface area contributed by atoms with Crippen LogP contribution in [0.2, 0.25) is 0 Å². The number of carbonyl (C=O) groups excluding carboxylic acids is 1. The van der Waals surface area contributed by atoms with Gasteiger partial charge in [-0.3, -0.25) is 4.79 Å². The molecule has 0 unspecified atom stereocenters. The van der Waals surface area contributed by atoms with E-state index in [-0.39, 0.29) is 32.2 Å². The quantitative estimate of drug-likeness (QED) is 0.678. The molecule has 0 spiro atoms. The number of ether oxygens (including phenoxy) is 2. The third kappa shape index (κ3) is 5.38. The summed E-state index contributed by atoms with van der Waals surface area (Å²) in [6.45, 7) is 3.18. The van der Waals surface area contributed by atoms with Crippen LogP contribution >= 0.6 is 0 Å². The predicted octanol–water partition coefficient (Wildman–Crippen LogP) is 1.48. The van der Waals surface area contributed by atoms with Gasteiger partial charge in [0.05, 0.1) is 6.26 Å². The average Bonchev–Trinajstić information content (AvgIpc) is 2.98. The summed E-state index contributed by atoms with van der Waals surface area (Å²) < 4.78 is 35.8. The number of nitrogens with zero attached hydrogens (tertiary/aromatic N) is 1. The van der Waals surface area contributed by atoms with E-state index in [4.69, 9.17) is 9.47 Å². The fraction of sp³-hybridized carbons (Fsp3) is 0.562. The number of benzene rings is 1. The van der Waals surface area contributed by atoms with Gasteiger partial charge in [0, 0.05) is 26.1 Å². The van der Waals surface area contributed by atoms with E-state index >= 15 is 0 Å². The number of sulfonamides is 1. The van der Waals surface area contributed by atoms with Gasteiger partial charge in [0.2, 0.25) is 22.7 Å². The lowest BCUT2D eigenvalue weighted by Gasteiger charge is -2.20. The minimum atomic E-state index is -3.42. The fourth-order valence-electron chi connectivity index (χ4n) is 2.32. The lowest BCUT2D eigenvalue weighted by Crippen LogP contribution is -2.34. The van der Waals surface area contributed by atoms with Crippen molar-refractivity contribution in [2.45, 2.75) is 32.7 Å². The van der Waals surface area contributed by atoms with Crippen LogP contribution in [0.3, 0.4) is 0 Å².